The Hall–Kier alpha value is -0.480. The van der Waals surface area contributed by atoms with Crippen molar-refractivity contribution in [1.82, 2.24) is 10.4 Å². The van der Waals surface area contributed by atoms with Crippen LogP contribution < -0.4 is 11.1 Å². The summed E-state index contributed by atoms with van der Waals surface area (Å²) in [6.45, 7) is 10.7. The van der Waals surface area contributed by atoms with E-state index < -0.39 is 16.4 Å². The summed E-state index contributed by atoms with van der Waals surface area (Å²) in [7, 11) is 1.25. The van der Waals surface area contributed by atoms with Gasteiger partial charge in [0.15, 0.2) is 0 Å². The van der Waals surface area contributed by atoms with E-state index in [4.69, 9.17) is 27.9 Å². The monoisotopic (exact) mass is 451 g/mol. The van der Waals surface area contributed by atoms with Gasteiger partial charge in [-0.2, -0.15) is 17.7 Å². The van der Waals surface area contributed by atoms with Gasteiger partial charge in [0.1, 0.15) is 0 Å². The molecule has 9 heteroatoms. The summed E-state index contributed by atoms with van der Waals surface area (Å²) in [4.78, 5) is 31.9. The smallest absolute Gasteiger partial charge is 0.350 e. The molecule has 0 spiro atoms. The van der Waals surface area contributed by atoms with Gasteiger partial charge in [0.25, 0.3) is 0 Å². The van der Waals surface area contributed by atoms with Gasteiger partial charge >= 0.3 is 5.97 Å². The quantitative estimate of drug-likeness (QED) is 0.116. The van der Waals surface area contributed by atoms with E-state index in [1.807, 2.05) is 27.0 Å². The van der Waals surface area contributed by atoms with Gasteiger partial charge in [-0.3, -0.25) is 15.4 Å². The van der Waals surface area contributed by atoms with Crippen LogP contribution in [-0.2, 0) is 19.2 Å². The molecule has 0 aliphatic carbocycles. The molecule has 3 N–H and O–H groups in total. The van der Waals surface area contributed by atoms with Gasteiger partial charge in [-0.25, -0.2) is 4.79 Å². The molecule has 3 atom stereocenters. The average Bonchev–Trinajstić information content (AvgIpc) is 2.66. The average molecular weight is 452 g/mol. The molecule has 0 radical (unpaired) electrons. The van der Waals surface area contributed by atoms with E-state index in [2.05, 4.69) is 12.2 Å². The number of rotatable bonds is 15. The summed E-state index contributed by atoms with van der Waals surface area (Å²) in [6, 6.07) is 0. The number of thioether (sulfide) groups is 1. The number of nitrogens with zero attached hydrogens (tertiary/aromatic N) is 1. The first-order valence-corrected chi connectivity index (χ1v) is 12.1. The molecule has 1 amide bonds. The number of esters is 1. The maximum absolute atomic E-state index is 13.1. The predicted molar refractivity (Wildman–Crippen MR) is 124 cm³/mol. The molecule has 0 aromatic rings. The van der Waals surface area contributed by atoms with Crippen molar-refractivity contribution in [1.29, 1.82) is 0 Å². The van der Waals surface area contributed by atoms with Crippen molar-refractivity contribution >= 4 is 36.3 Å². The molecule has 29 heavy (non-hydrogen) atoms. The highest BCUT2D eigenvalue weighted by molar-refractivity contribution is 8.00. The van der Waals surface area contributed by atoms with E-state index in [0.29, 0.717) is 0 Å². The topological polar surface area (TPSA) is 93.9 Å². The van der Waals surface area contributed by atoms with Gasteiger partial charge in [-0.1, -0.05) is 40.5 Å². The second-order valence-electron chi connectivity index (χ2n) is 7.80. The van der Waals surface area contributed by atoms with Crippen molar-refractivity contribution in [3.8, 4) is 0 Å². The number of amides is 1. The second-order valence-corrected chi connectivity index (χ2v) is 9.67. The number of hydrogen-bond donors (Lipinski definition) is 3. The van der Waals surface area contributed by atoms with Gasteiger partial charge in [0.05, 0.1) is 23.8 Å². The highest BCUT2D eigenvalue weighted by Crippen LogP contribution is 2.39. The molecular formula is C20H41N3O4S2. The summed E-state index contributed by atoms with van der Waals surface area (Å²) in [6.07, 6.45) is 5.71. The summed E-state index contributed by atoms with van der Waals surface area (Å²) < 4.78 is 3.85. The Kier molecular flexibility index (Phi) is 13.5. The number of hydroxylamine groups is 2. The maximum Gasteiger partial charge on any atom is 0.350 e. The number of thiol groups is 1. The fourth-order valence-corrected chi connectivity index (χ4v) is 4.46. The van der Waals surface area contributed by atoms with Crippen LogP contribution in [0.15, 0.2) is 0 Å². The maximum atomic E-state index is 13.1. The largest absolute Gasteiger partial charge is 0.466 e. The van der Waals surface area contributed by atoms with Crippen LogP contribution in [0.25, 0.3) is 0 Å². The lowest BCUT2D eigenvalue weighted by atomic mass is 9.91. The van der Waals surface area contributed by atoms with Crippen molar-refractivity contribution in [2.75, 3.05) is 26.5 Å². The Morgan fingerprint density at radius 3 is 2.31 bits per heavy atom. The molecule has 0 heterocycles. The Morgan fingerprint density at radius 1 is 1.24 bits per heavy atom. The third-order valence-electron chi connectivity index (χ3n) is 4.69. The molecule has 7 nitrogen and oxygen atoms in total. The molecule has 0 aliphatic rings. The van der Waals surface area contributed by atoms with Crippen molar-refractivity contribution in [2.24, 2.45) is 11.7 Å². The number of nitrogens with one attached hydrogen (secondary N) is 1. The first kappa shape index (κ1) is 28.5. The zero-order valence-electron chi connectivity index (χ0n) is 19.1. The van der Waals surface area contributed by atoms with Gasteiger partial charge in [0, 0.05) is 6.42 Å². The lowest BCUT2D eigenvalue weighted by Gasteiger charge is -2.49. The number of carbonyl (C=O) groups is 2. The standard InChI is InChI=1S/C20H41N3O4S2/c1-8-10-11-13-27-23(16(24)14-15(3)4)20(21,18(25)26-6)19(5,28)17(29-7)22-12-9-2/h15,17,22,28H,8-14,21H2,1-7H3/t17?,19-,20-/m1/s1. The molecular weight excluding hydrogens is 410 g/mol. The number of ether oxygens (including phenoxy) is 1. The fraction of sp³-hybridized carbons (Fsp3) is 0.900. The van der Waals surface area contributed by atoms with Crippen LogP contribution in [0.2, 0.25) is 0 Å². The van der Waals surface area contributed by atoms with E-state index in [-0.39, 0.29) is 30.2 Å². The Labute approximate surface area is 186 Å². The van der Waals surface area contributed by atoms with Gasteiger partial charge in [-0.05, 0) is 38.5 Å². The fourth-order valence-electron chi connectivity index (χ4n) is 2.95. The number of carbonyl (C=O) groups excluding carboxylic acids is 2. The number of hydrogen-bond acceptors (Lipinski definition) is 8. The van der Waals surface area contributed by atoms with Crippen molar-refractivity contribution in [3.63, 3.8) is 0 Å². The molecule has 0 fully saturated rings. The molecule has 0 saturated carbocycles. The van der Waals surface area contributed by atoms with Crippen LogP contribution in [0, 0.1) is 5.92 Å². The first-order chi connectivity index (χ1) is 13.5. The Balaban J connectivity index is 6.16. The molecule has 0 saturated heterocycles. The van der Waals surface area contributed by atoms with Crippen LogP contribution in [0.5, 0.6) is 0 Å². The van der Waals surface area contributed by atoms with E-state index >= 15 is 0 Å². The number of unbranched alkanes of at least 4 members (excludes halogenated alkanes) is 2. The first-order valence-electron chi connectivity index (χ1n) is 10.4. The number of methoxy groups -OCH3 is 1. The summed E-state index contributed by atoms with van der Waals surface area (Å²) >= 11 is 6.29. The minimum Gasteiger partial charge on any atom is -0.466 e. The van der Waals surface area contributed by atoms with Crippen LogP contribution in [-0.4, -0.2) is 59.2 Å². The van der Waals surface area contributed by atoms with Crippen LogP contribution in [0.1, 0.15) is 66.7 Å². The molecule has 0 aliphatic heterocycles. The molecule has 0 rings (SSSR count). The summed E-state index contributed by atoms with van der Waals surface area (Å²) in [5, 5.41) is 4.06. The molecule has 0 bridgehead atoms. The summed E-state index contributed by atoms with van der Waals surface area (Å²) in [5.74, 6) is -1.05. The molecule has 1 unspecified atom stereocenters. The van der Waals surface area contributed by atoms with Crippen LogP contribution >= 0.6 is 24.4 Å². The highest BCUT2D eigenvalue weighted by Gasteiger charge is 2.60. The van der Waals surface area contributed by atoms with Gasteiger partial charge < -0.3 is 10.1 Å². The Morgan fingerprint density at radius 2 is 1.86 bits per heavy atom. The minimum absolute atomic E-state index is 0.0758. The van der Waals surface area contributed by atoms with Crippen LogP contribution in [0.4, 0.5) is 0 Å². The SMILES string of the molecule is CCCCCON(C(=O)CC(C)C)[C@](N)(C(=O)OC)[C@](C)(S)C(NCCC)SC. The van der Waals surface area contributed by atoms with E-state index in [1.54, 1.807) is 6.92 Å². The second kappa shape index (κ2) is 13.7. The zero-order chi connectivity index (χ0) is 22.7. The number of nitrogens with two attached hydrogens (primary N) is 1. The molecule has 0 aromatic heterocycles. The van der Waals surface area contributed by atoms with Gasteiger partial charge in [-0.15, -0.1) is 11.8 Å². The van der Waals surface area contributed by atoms with Crippen molar-refractivity contribution in [3.05, 3.63) is 0 Å². The third kappa shape index (κ3) is 7.61. The minimum atomic E-state index is -1.92. The third-order valence-corrected chi connectivity index (χ3v) is 6.58. The summed E-state index contributed by atoms with van der Waals surface area (Å²) in [5.41, 5.74) is 4.77. The van der Waals surface area contributed by atoms with E-state index in [1.165, 1.54) is 18.9 Å². The highest BCUT2D eigenvalue weighted by atomic mass is 32.2. The molecule has 172 valence electrons. The zero-order valence-corrected chi connectivity index (χ0v) is 20.8. The normalized spacial score (nSPS) is 16.8. The Bertz CT molecular complexity index is 506. The molecule has 0 aromatic carbocycles. The lowest BCUT2D eigenvalue weighted by molar-refractivity contribution is -0.235. The van der Waals surface area contributed by atoms with E-state index in [9.17, 15) is 9.59 Å². The van der Waals surface area contributed by atoms with Crippen molar-refractivity contribution < 1.29 is 19.2 Å². The van der Waals surface area contributed by atoms with Gasteiger partial charge in [0.2, 0.25) is 11.6 Å². The van der Waals surface area contributed by atoms with Crippen molar-refractivity contribution in [2.45, 2.75) is 82.5 Å². The predicted octanol–water partition coefficient (Wildman–Crippen LogP) is 3.19. The lowest BCUT2D eigenvalue weighted by Crippen LogP contribution is -2.76. The van der Waals surface area contributed by atoms with E-state index in [0.717, 1.165) is 37.3 Å². The van der Waals surface area contributed by atoms with Crippen LogP contribution in [0.3, 0.4) is 0 Å².